The number of nitrogens with zero attached hydrogens (tertiary/aromatic N) is 3. The minimum absolute atomic E-state index is 0.780. The van der Waals surface area contributed by atoms with E-state index in [9.17, 15) is 0 Å². The molecule has 2 aromatic rings. The maximum absolute atomic E-state index is 5.52. The second-order valence-corrected chi connectivity index (χ2v) is 10.2. The van der Waals surface area contributed by atoms with Crippen molar-refractivity contribution in [2.24, 2.45) is 0 Å². The highest BCUT2D eigenvalue weighted by Gasteiger charge is 2.26. The molecule has 0 saturated carbocycles. The van der Waals surface area contributed by atoms with Crippen molar-refractivity contribution >= 4 is 23.1 Å². The van der Waals surface area contributed by atoms with Gasteiger partial charge in [0.2, 0.25) is 0 Å². The fourth-order valence-corrected chi connectivity index (χ4v) is 6.43. The molecule has 2 fully saturated rings. The Morgan fingerprint density at radius 3 is 2.45 bits per heavy atom. The van der Waals surface area contributed by atoms with Crippen molar-refractivity contribution < 1.29 is 4.74 Å². The highest BCUT2D eigenvalue weighted by molar-refractivity contribution is 7.99. The second kappa shape index (κ2) is 9.95. The average molecular weight is 438 g/mol. The Morgan fingerprint density at radius 1 is 0.871 bits per heavy atom. The number of unbranched alkanes of at least 4 members (excludes halogenated alkanes) is 1. The third-order valence-corrected chi connectivity index (χ3v) is 8.12. The number of aryl methyl sites for hydroxylation is 1. The Balaban J connectivity index is 1.13. The molecule has 0 amide bonds. The number of hydrogen-bond donors (Lipinski definition) is 0. The number of ether oxygens (including phenoxy) is 1. The van der Waals surface area contributed by atoms with Gasteiger partial charge < -0.3 is 14.5 Å². The van der Waals surface area contributed by atoms with E-state index in [-0.39, 0.29) is 0 Å². The van der Waals surface area contributed by atoms with Crippen molar-refractivity contribution in [2.45, 2.75) is 48.4 Å². The smallest absolute Gasteiger partial charge is 0.0594 e. The zero-order valence-corrected chi connectivity index (χ0v) is 19.6. The molecule has 2 aromatic carbocycles. The van der Waals surface area contributed by atoms with E-state index in [0.717, 1.165) is 38.9 Å². The molecule has 0 N–H and O–H groups in total. The molecule has 0 spiro atoms. The molecule has 0 unspecified atom stereocenters. The lowest BCUT2D eigenvalue weighted by Crippen LogP contribution is -2.49. The SMILES string of the molecule is Cc1ccc2c(c1)Sc1ccccc1N2CCCCN1CCC(N2CCOCC2)CC1. The van der Waals surface area contributed by atoms with Crippen LogP contribution in [-0.4, -0.2) is 68.3 Å². The molecule has 5 heteroatoms. The molecular formula is C26H35N3OS. The number of rotatable bonds is 6. The van der Waals surface area contributed by atoms with Gasteiger partial charge in [-0.2, -0.15) is 0 Å². The number of fused-ring (bicyclic) bond motifs is 2. The number of morpholine rings is 1. The topological polar surface area (TPSA) is 19.0 Å². The van der Waals surface area contributed by atoms with Gasteiger partial charge in [0.05, 0.1) is 24.6 Å². The van der Waals surface area contributed by atoms with Crippen LogP contribution < -0.4 is 4.90 Å². The summed E-state index contributed by atoms with van der Waals surface area (Å²) in [7, 11) is 0. The summed E-state index contributed by atoms with van der Waals surface area (Å²) in [5, 5.41) is 0. The predicted octanol–water partition coefficient (Wildman–Crippen LogP) is 5.17. The van der Waals surface area contributed by atoms with Crippen molar-refractivity contribution in [3.63, 3.8) is 0 Å². The second-order valence-electron chi connectivity index (χ2n) is 9.12. The van der Waals surface area contributed by atoms with E-state index >= 15 is 0 Å². The van der Waals surface area contributed by atoms with Gasteiger partial charge in [-0.3, -0.25) is 4.90 Å². The van der Waals surface area contributed by atoms with Crippen molar-refractivity contribution in [3.05, 3.63) is 48.0 Å². The number of anilines is 2. The van der Waals surface area contributed by atoms with Gasteiger partial charge in [-0.1, -0.05) is 30.0 Å². The summed E-state index contributed by atoms with van der Waals surface area (Å²) in [6, 6.07) is 16.5. The third-order valence-electron chi connectivity index (χ3n) is 7.01. The summed E-state index contributed by atoms with van der Waals surface area (Å²) in [6.07, 6.45) is 5.15. The summed E-state index contributed by atoms with van der Waals surface area (Å²) in [5.74, 6) is 0. The van der Waals surface area contributed by atoms with Crippen LogP contribution in [0.25, 0.3) is 0 Å². The van der Waals surface area contributed by atoms with E-state index in [1.165, 1.54) is 72.0 Å². The van der Waals surface area contributed by atoms with E-state index in [2.05, 4.69) is 64.1 Å². The zero-order chi connectivity index (χ0) is 21.0. The fourth-order valence-electron chi connectivity index (χ4n) is 5.24. The van der Waals surface area contributed by atoms with Crippen LogP contribution in [0.2, 0.25) is 0 Å². The molecular weight excluding hydrogens is 402 g/mol. The Kier molecular flexibility index (Phi) is 6.84. The first kappa shape index (κ1) is 21.3. The Hall–Kier alpha value is -1.53. The standard InChI is InChI=1S/C26H35N3OS/c1-21-8-9-24-26(20-21)31-25-7-3-2-6-23(25)29(24)13-5-4-12-27-14-10-22(11-15-27)28-16-18-30-19-17-28/h2-3,6-9,20,22H,4-5,10-19H2,1H3. The van der Waals surface area contributed by atoms with E-state index in [1.54, 1.807) is 0 Å². The molecule has 0 bridgehead atoms. The van der Waals surface area contributed by atoms with Crippen LogP contribution in [0, 0.1) is 6.92 Å². The quantitative estimate of drug-likeness (QED) is 0.579. The zero-order valence-electron chi connectivity index (χ0n) is 18.8. The Labute approximate surface area is 191 Å². The number of hydrogen-bond acceptors (Lipinski definition) is 5. The molecule has 166 valence electrons. The first-order chi connectivity index (χ1) is 15.3. The van der Waals surface area contributed by atoms with Crippen molar-refractivity contribution in [3.8, 4) is 0 Å². The molecule has 0 aliphatic carbocycles. The molecule has 5 rings (SSSR count). The Bertz CT molecular complexity index is 875. The van der Waals surface area contributed by atoms with Crippen LogP contribution in [0.5, 0.6) is 0 Å². The normalized spacial score (nSPS) is 20.5. The first-order valence-electron chi connectivity index (χ1n) is 12.0. The monoisotopic (exact) mass is 437 g/mol. The molecule has 4 nitrogen and oxygen atoms in total. The van der Waals surface area contributed by atoms with E-state index in [0.29, 0.717) is 0 Å². The van der Waals surface area contributed by atoms with Gasteiger partial charge in [-0.05, 0) is 82.1 Å². The highest BCUT2D eigenvalue weighted by atomic mass is 32.2. The Morgan fingerprint density at radius 2 is 1.61 bits per heavy atom. The summed E-state index contributed by atoms with van der Waals surface area (Å²) < 4.78 is 5.52. The highest BCUT2D eigenvalue weighted by Crippen LogP contribution is 2.48. The molecule has 3 aliphatic heterocycles. The minimum atomic E-state index is 0.780. The molecule has 3 heterocycles. The van der Waals surface area contributed by atoms with Crippen LogP contribution in [0.4, 0.5) is 11.4 Å². The van der Waals surface area contributed by atoms with Gasteiger partial charge >= 0.3 is 0 Å². The van der Waals surface area contributed by atoms with Crippen molar-refractivity contribution in [1.29, 1.82) is 0 Å². The van der Waals surface area contributed by atoms with Crippen molar-refractivity contribution in [1.82, 2.24) is 9.80 Å². The van der Waals surface area contributed by atoms with Crippen molar-refractivity contribution in [2.75, 3.05) is 57.4 Å². The van der Waals surface area contributed by atoms with Gasteiger partial charge in [-0.25, -0.2) is 0 Å². The number of para-hydroxylation sites is 1. The number of benzene rings is 2. The third kappa shape index (κ3) is 4.95. The molecule has 0 aromatic heterocycles. The fraction of sp³-hybridized carbons (Fsp3) is 0.538. The van der Waals surface area contributed by atoms with Crippen LogP contribution >= 0.6 is 11.8 Å². The molecule has 0 radical (unpaired) electrons. The van der Waals surface area contributed by atoms with Crippen LogP contribution in [0.15, 0.2) is 52.3 Å². The lowest BCUT2D eigenvalue weighted by molar-refractivity contribution is 0.000827. The minimum Gasteiger partial charge on any atom is -0.379 e. The van der Waals surface area contributed by atoms with Gasteiger partial charge in [0.1, 0.15) is 0 Å². The maximum Gasteiger partial charge on any atom is 0.0594 e. The first-order valence-corrected chi connectivity index (χ1v) is 12.8. The van der Waals surface area contributed by atoms with Gasteiger partial charge in [-0.15, -0.1) is 0 Å². The predicted molar refractivity (Wildman–Crippen MR) is 130 cm³/mol. The number of piperidine rings is 1. The molecule has 0 atom stereocenters. The van der Waals surface area contributed by atoms with E-state index in [4.69, 9.17) is 4.74 Å². The molecule has 2 saturated heterocycles. The summed E-state index contributed by atoms with van der Waals surface area (Å²) in [5.41, 5.74) is 4.09. The van der Waals surface area contributed by atoms with E-state index < -0.39 is 0 Å². The molecule has 3 aliphatic rings. The number of likely N-dealkylation sites (tertiary alicyclic amines) is 1. The van der Waals surface area contributed by atoms with Gasteiger partial charge in [0, 0.05) is 35.5 Å². The van der Waals surface area contributed by atoms with Crippen LogP contribution in [0.1, 0.15) is 31.2 Å². The van der Waals surface area contributed by atoms with Gasteiger partial charge in [0.15, 0.2) is 0 Å². The van der Waals surface area contributed by atoms with E-state index in [1.807, 2.05) is 11.8 Å². The maximum atomic E-state index is 5.52. The summed E-state index contributed by atoms with van der Waals surface area (Å²) in [4.78, 5) is 10.7. The summed E-state index contributed by atoms with van der Waals surface area (Å²) in [6.45, 7) is 11.1. The molecule has 31 heavy (non-hydrogen) atoms. The lowest BCUT2D eigenvalue weighted by atomic mass is 10.0. The summed E-state index contributed by atoms with van der Waals surface area (Å²) >= 11 is 1.91. The van der Waals surface area contributed by atoms with Crippen LogP contribution in [-0.2, 0) is 4.74 Å². The van der Waals surface area contributed by atoms with Gasteiger partial charge in [0.25, 0.3) is 0 Å². The average Bonchev–Trinajstić information content (AvgIpc) is 2.82. The van der Waals surface area contributed by atoms with Crippen LogP contribution in [0.3, 0.4) is 0 Å². The largest absolute Gasteiger partial charge is 0.379 e. The lowest BCUT2D eigenvalue weighted by Gasteiger charge is -2.40.